The number of rotatable bonds is 7. The summed E-state index contributed by atoms with van der Waals surface area (Å²) in [7, 11) is 0.403. The molecule has 6 heteroatoms. The van der Waals surface area contributed by atoms with Gasteiger partial charge in [0.15, 0.2) is 0 Å². The van der Waals surface area contributed by atoms with Crippen LogP contribution < -0.4 is 4.72 Å². The maximum Gasteiger partial charge on any atom is 0.241 e. The van der Waals surface area contributed by atoms with E-state index in [0.717, 1.165) is 19.4 Å². The summed E-state index contributed by atoms with van der Waals surface area (Å²) in [6, 6.07) is 6.52. The van der Waals surface area contributed by atoms with Gasteiger partial charge in [-0.1, -0.05) is 24.0 Å². The molecule has 0 fully saturated rings. The quantitative estimate of drug-likeness (QED) is 0.573. The number of sulfonamides is 1. The Bertz CT molecular complexity index is 601. The molecular formula is C15H22N2O3S. The van der Waals surface area contributed by atoms with E-state index < -0.39 is 10.0 Å². The molecule has 1 aromatic rings. The average Bonchev–Trinajstić information content (AvgIpc) is 2.44. The summed E-state index contributed by atoms with van der Waals surface area (Å²) < 4.78 is 27.1. The van der Waals surface area contributed by atoms with E-state index in [1.54, 1.807) is 18.2 Å². The smallest absolute Gasteiger partial charge is 0.241 e. The van der Waals surface area contributed by atoms with Crippen molar-refractivity contribution in [3.8, 4) is 11.8 Å². The molecule has 0 atom stereocenters. The van der Waals surface area contributed by atoms with Crippen molar-refractivity contribution in [1.82, 2.24) is 9.62 Å². The Kier molecular flexibility index (Phi) is 7.40. The van der Waals surface area contributed by atoms with Gasteiger partial charge in [-0.15, -0.1) is 0 Å². The predicted molar refractivity (Wildman–Crippen MR) is 83.4 cm³/mol. The van der Waals surface area contributed by atoms with E-state index in [2.05, 4.69) is 21.5 Å². The van der Waals surface area contributed by atoms with Crippen LogP contribution in [0.2, 0.25) is 0 Å². The molecule has 2 N–H and O–H groups in total. The molecule has 0 amide bonds. The first-order chi connectivity index (χ1) is 9.97. The van der Waals surface area contributed by atoms with Crippen LogP contribution in [0.3, 0.4) is 0 Å². The molecule has 0 aliphatic heterocycles. The molecule has 5 nitrogen and oxygen atoms in total. The van der Waals surface area contributed by atoms with Crippen molar-refractivity contribution in [3.05, 3.63) is 29.8 Å². The van der Waals surface area contributed by atoms with E-state index in [9.17, 15) is 8.42 Å². The SMILES string of the molecule is CN(C)CCCCNS(=O)(=O)c1ccccc1C#CCO. The number of benzene rings is 1. The van der Waals surface area contributed by atoms with Crippen LogP contribution in [0.5, 0.6) is 0 Å². The summed E-state index contributed by atoms with van der Waals surface area (Å²) in [6.45, 7) is 1.03. The van der Waals surface area contributed by atoms with Crippen molar-refractivity contribution in [2.75, 3.05) is 33.8 Å². The van der Waals surface area contributed by atoms with Gasteiger partial charge in [0.05, 0.1) is 4.90 Å². The van der Waals surface area contributed by atoms with Crippen molar-refractivity contribution in [1.29, 1.82) is 0 Å². The third-order valence-corrected chi connectivity index (χ3v) is 4.32. The minimum Gasteiger partial charge on any atom is -0.384 e. The third kappa shape index (κ3) is 6.27. The fourth-order valence-corrected chi connectivity index (χ4v) is 3.01. The monoisotopic (exact) mass is 310 g/mol. The zero-order valence-corrected chi connectivity index (χ0v) is 13.3. The summed E-state index contributed by atoms with van der Waals surface area (Å²) in [5.41, 5.74) is 0.396. The predicted octanol–water partition coefficient (Wildman–Crippen LogP) is 0.650. The van der Waals surface area contributed by atoms with Crippen LogP contribution in [0.1, 0.15) is 18.4 Å². The number of hydrogen-bond donors (Lipinski definition) is 2. The standard InChI is InChI=1S/C15H22N2O3S/c1-17(2)12-6-5-11-16-21(19,20)15-10-4-3-8-14(15)9-7-13-18/h3-4,8,10,16,18H,5-6,11-13H2,1-2H3. The van der Waals surface area contributed by atoms with Crippen molar-refractivity contribution in [3.63, 3.8) is 0 Å². The molecule has 0 unspecified atom stereocenters. The van der Waals surface area contributed by atoms with Crippen LogP contribution in [-0.4, -0.2) is 52.2 Å². The average molecular weight is 310 g/mol. The van der Waals surface area contributed by atoms with E-state index in [1.165, 1.54) is 6.07 Å². The number of aliphatic hydroxyl groups is 1. The highest BCUT2D eigenvalue weighted by atomic mass is 32.2. The summed E-state index contributed by atoms with van der Waals surface area (Å²) in [5.74, 6) is 5.13. The lowest BCUT2D eigenvalue weighted by molar-refractivity contribution is 0.350. The fraction of sp³-hybridized carbons (Fsp3) is 0.467. The highest BCUT2D eigenvalue weighted by Gasteiger charge is 2.16. The van der Waals surface area contributed by atoms with Crippen LogP contribution in [-0.2, 0) is 10.0 Å². The minimum atomic E-state index is -3.57. The second-order valence-electron chi connectivity index (χ2n) is 4.86. The Morgan fingerprint density at radius 3 is 2.62 bits per heavy atom. The number of aliphatic hydroxyl groups excluding tert-OH is 1. The minimum absolute atomic E-state index is 0.151. The zero-order chi connectivity index (χ0) is 15.7. The molecule has 0 aliphatic carbocycles. The Hall–Kier alpha value is -1.39. The Balaban J connectivity index is 2.70. The molecule has 0 saturated heterocycles. The molecule has 0 aliphatic rings. The Morgan fingerprint density at radius 1 is 1.24 bits per heavy atom. The molecule has 1 rings (SSSR count). The summed E-state index contributed by atoms with van der Waals surface area (Å²) >= 11 is 0. The van der Waals surface area contributed by atoms with Gasteiger partial charge in [-0.05, 0) is 45.6 Å². The first kappa shape index (κ1) is 17.7. The molecule has 21 heavy (non-hydrogen) atoms. The molecule has 0 saturated carbocycles. The summed E-state index contributed by atoms with van der Waals surface area (Å²) in [5, 5.41) is 8.72. The fourth-order valence-electron chi connectivity index (χ4n) is 1.78. The van der Waals surface area contributed by atoms with Crippen molar-refractivity contribution in [2.45, 2.75) is 17.7 Å². The summed E-state index contributed by atoms with van der Waals surface area (Å²) in [4.78, 5) is 2.22. The molecule has 0 spiro atoms. The van der Waals surface area contributed by atoms with Gasteiger partial charge in [0.2, 0.25) is 10.0 Å². The number of unbranched alkanes of at least 4 members (excludes halogenated alkanes) is 1. The van der Waals surface area contributed by atoms with Crippen molar-refractivity contribution in [2.24, 2.45) is 0 Å². The summed E-state index contributed by atoms with van der Waals surface area (Å²) in [6.07, 6.45) is 1.71. The van der Waals surface area contributed by atoms with Crippen LogP contribution in [0, 0.1) is 11.8 Å². The van der Waals surface area contributed by atoms with Gasteiger partial charge in [-0.3, -0.25) is 0 Å². The highest BCUT2D eigenvalue weighted by Crippen LogP contribution is 2.14. The van der Waals surface area contributed by atoms with Crippen molar-refractivity contribution >= 4 is 10.0 Å². The topological polar surface area (TPSA) is 69.6 Å². The van der Waals surface area contributed by atoms with Gasteiger partial charge in [-0.25, -0.2) is 13.1 Å². The largest absolute Gasteiger partial charge is 0.384 e. The lowest BCUT2D eigenvalue weighted by Gasteiger charge is -2.10. The van der Waals surface area contributed by atoms with Gasteiger partial charge < -0.3 is 10.0 Å². The molecule has 0 bridgehead atoms. The number of hydrogen-bond acceptors (Lipinski definition) is 4. The molecule has 0 aromatic heterocycles. The van der Waals surface area contributed by atoms with Crippen LogP contribution in [0.25, 0.3) is 0 Å². The van der Waals surface area contributed by atoms with E-state index >= 15 is 0 Å². The van der Waals surface area contributed by atoms with Crippen LogP contribution in [0.15, 0.2) is 29.2 Å². The van der Waals surface area contributed by atoms with Gasteiger partial charge in [0.25, 0.3) is 0 Å². The second kappa shape index (κ2) is 8.80. The third-order valence-electron chi connectivity index (χ3n) is 2.80. The molecular weight excluding hydrogens is 288 g/mol. The van der Waals surface area contributed by atoms with Crippen LogP contribution >= 0.6 is 0 Å². The molecule has 1 aromatic carbocycles. The van der Waals surface area contributed by atoms with Crippen molar-refractivity contribution < 1.29 is 13.5 Å². The maximum atomic E-state index is 12.3. The number of nitrogens with one attached hydrogen (secondary N) is 1. The van der Waals surface area contributed by atoms with Gasteiger partial charge in [0, 0.05) is 12.1 Å². The molecule has 116 valence electrons. The normalized spacial score (nSPS) is 11.2. The van der Waals surface area contributed by atoms with E-state index in [0.29, 0.717) is 12.1 Å². The van der Waals surface area contributed by atoms with Gasteiger partial charge in [0.1, 0.15) is 6.61 Å². The maximum absolute atomic E-state index is 12.3. The zero-order valence-electron chi connectivity index (χ0n) is 12.5. The first-order valence-electron chi connectivity index (χ1n) is 6.80. The molecule has 0 radical (unpaired) electrons. The van der Waals surface area contributed by atoms with Gasteiger partial charge >= 0.3 is 0 Å². The van der Waals surface area contributed by atoms with Gasteiger partial charge in [-0.2, -0.15) is 0 Å². The van der Waals surface area contributed by atoms with E-state index in [1.807, 2.05) is 14.1 Å². The first-order valence-corrected chi connectivity index (χ1v) is 8.29. The number of nitrogens with zero attached hydrogens (tertiary/aromatic N) is 1. The van der Waals surface area contributed by atoms with E-state index in [-0.39, 0.29) is 11.5 Å². The highest BCUT2D eigenvalue weighted by molar-refractivity contribution is 7.89. The van der Waals surface area contributed by atoms with Crippen LogP contribution in [0.4, 0.5) is 0 Å². The second-order valence-corrected chi connectivity index (χ2v) is 6.60. The molecule has 0 heterocycles. The van der Waals surface area contributed by atoms with E-state index in [4.69, 9.17) is 5.11 Å². The Morgan fingerprint density at radius 2 is 1.95 bits per heavy atom. The lowest BCUT2D eigenvalue weighted by atomic mass is 10.2. The lowest BCUT2D eigenvalue weighted by Crippen LogP contribution is -2.26. The Labute approximate surface area is 127 Å².